The summed E-state index contributed by atoms with van der Waals surface area (Å²) < 4.78 is 9.48. The Bertz CT molecular complexity index is 746. The van der Waals surface area contributed by atoms with Crippen molar-refractivity contribution < 1.29 is 24.0 Å². The molecule has 2 aromatic carbocycles. The van der Waals surface area contributed by atoms with Crippen LogP contribution in [0.3, 0.4) is 0 Å². The zero-order valence-corrected chi connectivity index (χ0v) is 14.4. The fourth-order valence-electron chi connectivity index (χ4n) is 2.99. The van der Waals surface area contributed by atoms with Gasteiger partial charge in [0.15, 0.2) is 5.92 Å². The van der Waals surface area contributed by atoms with E-state index in [1.54, 1.807) is 60.7 Å². The maximum Gasteiger partial charge on any atom is 0.320 e. The molecule has 0 amide bonds. The molecule has 7 nitrogen and oxygen atoms in total. The number of carbonyl (C=O) groups excluding carboxylic acids is 2. The van der Waals surface area contributed by atoms with Crippen LogP contribution in [-0.2, 0) is 19.1 Å². The van der Waals surface area contributed by atoms with Crippen molar-refractivity contribution in [3.8, 4) is 0 Å². The summed E-state index contributed by atoms with van der Waals surface area (Å²) in [5.41, 5.74) is 0.850. The maximum atomic E-state index is 12.3. The molecule has 2 aromatic rings. The van der Waals surface area contributed by atoms with E-state index in [1.165, 1.54) is 0 Å². The molecule has 0 aliphatic rings. The SMILES string of the molecule is COC(=O)C(C(=O)OC)[C@H](c1ccccc1)[C@H](c1ccccc1)[N+](=O)[O-]. The molecule has 2 atom stereocenters. The molecule has 0 spiro atoms. The molecule has 0 fully saturated rings. The van der Waals surface area contributed by atoms with E-state index in [1.807, 2.05) is 0 Å². The number of ether oxygens (including phenoxy) is 2. The van der Waals surface area contributed by atoms with Crippen molar-refractivity contribution in [2.75, 3.05) is 14.2 Å². The second-order valence-electron chi connectivity index (χ2n) is 5.60. The van der Waals surface area contributed by atoms with E-state index in [9.17, 15) is 19.7 Å². The Morgan fingerprint density at radius 1 is 0.846 bits per heavy atom. The van der Waals surface area contributed by atoms with Gasteiger partial charge < -0.3 is 9.47 Å². The van der Waals surface area contributed by atoms with Crippen LogP contribution >= 0.6 is 0 Å². The standard InChI is InChI=1S/C19H19NO6/c1-25-18(21)16(19(22)26-2)15(13-9-5-3-6-10-13)17(20(23)24)14-11-7-4-8-12-14/h3-12,15-17H,1-2H3/t15-,17-/m0/s1. The van der Waals surface area contributed by atoms with E-state index in [4.69, 9.17) is 9.47 Å². The Hall–Kier alpha value is -3.22. The Kier molecular flexibility index (Phi) is 6.43. The molecule has 2 rings (SSSR count). The molecule has 7 heteroatoms. The van der Waals surface area contributed by atoms with Crippen LogP contribution in [0.5, 0.6) is 0 Å². The molecule has 0 unspecified atom stereocenters. The van der Waals surface area contributed by atoms with Gasteiger partial charge in [-0.05, 0) is 5.56 Å². The third kappa shape index (κ3) is 4.05. The first kappa shape index (κ1) is 19.1. The number of methoxy groups -OCH3 is 2. The molecule has 0 saturated heterocycles. The van der Waals surface area contributed by atoms with Gasteiger partial charge in [0.05, 0.1) is 20.1 Å². The highest BCUT2D eigenvalue weighted by molar-refractivity contribution is 5.96. The van der Waals surface area contributed by atoms with Gasteiger partial charge >= 0.3 is 11.9 Å². The molecular formula is C19H19NO6. The van der Waals surface area contributed by atoms with Crippen molar-refractivity contribution in [2.24, 2.45) is 5.92 Å². The van der Waals surface area contributed by atoms with Gasteiger partial charge in [-0.3, -0.25) is 19.7 Å². The number of benzene rings is 2. The first-order valence-corrected chi connectivity index (χ1v) is 7.90. The molecular weight excluding hydrogens is 338 g/mol. The van der Waals surface area contributed by atoms with Crippen molar-refractivity contribution in [2.45, 2.75) is 12.0 Å². The summed E-state index contributed by atoms with van der Waals surface area (Å²) in [4.78, 5) is 36.1. The summed E-state index contributed by atoms with van der Waals surface area (Å²) in [6, 6.07) is 15.3. The minimum absolute atomic E-state index is 0.379. The van der Waals surface area contributed by atoms with E-state index in [2.05, 4.69) is 0 Å². The molecule has 0 aliphatic carbocycles. The number of esters is 2. The second kappa shape index (κ2) is 8.75. The topological polar surface area (TPSA) is 95.7 Å². The molecule has 0 heterocycles. The molecule has 0 saturated carbocycles. The third-order valence-electron chi connectivity index (χ3n) is 4.16. The lowest BCUT2D eigenvalue weighted by Crippen LogP contribution is -2.37. The molecule has 0 N–H and O–H groups in total. The van der Waals surface area contributed by atoms with Gasteiger partial charge in [0, 0.05) is 10.5 Å². The number of hydrogen-bond acceptors (Lipinski definition) is 6. The Morgan fingerprint density at radius 2 is 1.27 bits per heavy atom. The van der Waals surface area contributed by atoms with Crippen molar-refractivity contribution >= 4 is 11.9 Å². The smallest absolute Gasteiger partial charge is 0.320 e. The van der Waals surface area contributed by atoms with Crippen molar-refractivity contribution in [3.63, 3.8) is 0 Å². The molecule has 0 aliphatic heterocycles. The predicted octanol–water partition coefficient (Wildman–Crippen LogP) is 2.75. The summed E-state index contributed by atoms with van der Waals surface area (Å²) in [5.74, 6) is -4.32. The first-order valence-electron chi connectivity index (χ1n) is 7.90. The highest BCUT2D eigenvalue weighted by Crippen LogP contribution is 2.40. The highest BCUT2D eigenvalue weighted by atomic mass is 16.6. The summed E-state index contributed by atoms with van der Waals surface area (Å²) in [7, 11) is 2.26. The highest BCUT2D eigenvalue weighted by Gasteiger charge is 2.48. The lowest BCUT2D eigenvalue weighted by atomic mass is 9.78. The molecule has 0 radical (unpaired) electrons. The largest absolute Gasteiger partial charge is 0.468 e. The number of rotatable bonds is 7. The van der Waals surface area contributed by atoms with Crippen LogP contribution in [0.2, 0.25) is 0 Å². The lowest BCUT2D eigenvalue weighted by Gasteiger charge is -2.26. The molecule has 136 valence electrons. The fourth-order valence-corrected chi connectivity index (χ4v) is 2.99. The lowest BCUT2D eigenvalue weighted by molar-refractivity contribution is -0.534. The van der Waals surface area contributed by atoms with Gasteiger partial charge in [-0.25, -0.2) is 0 Å². The zero-order chi connectivity index (χ0) is 19.1. The average Bonchev–Trinajstić information content (AvgIpc) is 2.68. The van der Waals surface area contributed by atoms with Crippen LogP contribution in [0.15, 0.2) is 60.7 Å². The van der Waals surface area contributed by atoms with Gasteiger partial charge in [0.2, 0.25) is 6.04 Å². The van der Waals surface area contributed by atoms with Gasteiger partial charge in [-0.1, -0.05) is 60.7 Å². The summed E-state index contributed by atoms with van der Waals surface area (Å²) >= 11 is 0. The summed E-state index contributed by atoms with van der Waals surface area (Å²) in [5, 5.41) is 11.9. The second-order valence-corrected chi connectivity index (χ2v) is 5.60. The fraction of sp³-hybridized carbons (Fsp3) is 0.263. The number of carbonyl (C=O) groups is 2. The van der Waals surface area contributed by atoms with E-state index < -0.39 is 34.7 Å². The number of nitrogens with zero attached hydrogens (tertiary/aromatic N) is 1. The van der Waals surface area contributed by atoms with E-state index >= 15 is 0 Å². The molecule has 0 aromatic heterocycles. The maximum absolute atomic E-state index is 12.3. The van der Waals surface area contributed by atoms with Crippen LogP contribution in [0.1, 0.15) is 23.1 Å². The van der Waals surface area contributed by atoms with Crippen LogP contribution in [0.25, 0.3) is 0 Å². The van der Waals surface area contributed by atoms with Crippen LogP contribution in [-0.4, -0.2) is 31.1 Å². The number of hydrogen-bond donors (Lipinski definition) is 0. The summed E-state index contributed by atoms with van der Waals surface area (Å²) in [6.45, 7) is 0. The van der Waals surface area contributed by atoms with E-state index in [0.29, 0.717) is 11.1 Å². The van der Waals surface area contributed by atoms with Gasteiger partial charge in [-0.2, -0.15) is 0 Å². The third-order valence-corrected chi connectivity index (χ3v) is 4.16. The summed E-state index contributed by atoms with van der Waals surface area (Å²) in [6.07, 6.45) is 0. The van der Waals surface area contributed by atoms with Crippen molar-refractivity contribution in [3.05, 3.63) is 81.9 Å². The minimum Gasteiger partial charge on any atom is -0.468 e. The monoisotopic (exact) mass is 357 g/mol. The van der Waals surface area contributed by atoms with Crippen molar-refractivity contribution in [1.29, 1.82) is 0 Å². The normalized spacial score (nSPS) is 12.9. The van der Waals surface area contributed by atoms with Crippen LogP contribution in [0.4, 0.5) is 0 Å². The van der Waals surface area contributed by atoms with Crippen LogP contribution < -0.4 is 0 Å². The predicted molar refractivity (Wildman–Crippen MR) is 92.9 cm³/mol. The minimum atomic E-state index is -1.47. The van der Waals surface area contributed by atoms with Gasteiger partial charge in [0.1, 0.15) is 0 Å². The quantitative estimate of drug-likeness (QED) is 0.327. The van der Waals surface area contributed by atoms with Crippen LogP contribution in [0, 0.1) is 16.0 Å². The van der Waals surface area contributed by atoms with E-state index in [-0.39, 0.29) is 0 Å². The van der Waals surface area contributed by atoms with Crippen molar-refractivity contribution in [1.82, 2.24) is 0 Å². The Morgan fingerprint density at radius 3 is 1.65 bits per heavy atom. The number of nitro groups is 1. The molecule has 0 bridgehead atoms. The van der Waals surface area contributed by atoms with E-state index in [0.717, 1.165) is 14.2 Å². The Balaban J connectivity index is 2.68. The first-order chi connectivity index (χ1) is 12.5. The zero-order valence-electron chi connectivity index (χ0n) is 14.4. The average molecular weight is 357 g/mol. The Labute approximate surface area is 150 Å². The molecule has 26 heavy (non-hydrogen) atoms. The van der Waals surface area contributed by atoms with Gasteiger partial charge in [0.25, 0.3) is 0 Å². The van der Waals surface area contributed by atoms with Gasteiger partial charge in [-0.15, -0.1) is 0 Å².